The van der Waals surface area contributed by atoms with Crippen molar-refractivity contribution in [1.82, 2.24) is 0 Å². The molecule has 9 aromatic rings. The maximum absolute atomic E-state index is 2.44. The van der Waals surface area contributed by atoms with Crippen LogP contribution >= 0.6 is 0 Å². The van der Waals surface area contributed by atoms with Crippen molar-refractivity contribution in [2.24, 2.45) is 0 Å². The molecule has 0 fully saturated rings. The predicted molar refractivity (Wildman–Crippen MR) is 266 cm³/mol. The van der Waals surface area contributed by atoms with E-state index in [0.29, 0.717) is 0 Å². The summed E-state index contributed by atoms with van der Waals surface area (Å²) in [5.41, 5.74) is 29.5. The second kappa shape index (κ2) is 15.2. The molecule has 4 aliphatic rings. The van der Waals surface area contributed by atoms with E-state index in [9.17, 15) is 0 Å². The van der Waals surface area contributed by atoms with Gasteiger partial charge >= 0.3 is 0 Å². The van der Waals surface area contributed by atoms with E-state index >= 15 is 0 Å². The standard InChI is InChI=1S/C63H49N/c1-2-59(63(49-16-4-41(5-17-49)51-20-8-43-10-22-53(43)36-51)50-18-6-42(7-19-50)52-21-9-44-11-23-54(44)37-52)40-62(3-1)64(60-32-28-47(29-33-60)57-26-14-45-12-24-55(45)38-57)61-34-30-48(31-35-61)58-27-15-46-13-25-56(46)39-58/h1-9,14-21,26-40,63H,10-13,22-25H2. The van der Waals surface area contributed by atoms with Crippen LogP contribution in [-0.2, 0) is 51.4 Å². The Bertz CT molecular complexity index is 2830. The number of rotatable bonds is 10. The Morgan fingerprint density at radius 3 is 0.859 bits per heavy atom. The van der Waals surface area contributed by atoms with Crippen molar-refractivity contribution in [3.8, 4) is 44.5 Å². The van der Waals surface area contributed by atoms with Crippen molar-refractivity contribution in [3.63, 3.8) is 0 Å². The maximum Gasteiger partial charge on any atom is 0.0464 e. The van der Waals surface area contributed by atoms with Gasteiger partial charge in [0.2, 0.25) is 0 Å². The monoisotopic (exact) mass is 819 g/mol. The van der Waals surface area contributed by atoms with E-state index in [1.54, 1.807) is 0 Å². The molecule has 0 spiro atoms. The van der Waals surface area contributed by atoms with Gasteiger partial charge in [0.05, 0.1) is 0 Å². The average molecular weight is 820 g/mol. The van der Waals surface area contributed by atoms with Crippen molar-refractivity contribution in [1.29, 1.82) is 0 Å². The highest BCUT2D eigenvalue weighted by atomic mass is 15.1. The minimum atomic E-state index is 0.0368. The number of fused-ring (bicyclic) bond motifs is 4. The summed E-state index contributed by atoms with van der Waals surface area (Å²) in [5.74, 6) is 0.0368. The van der Waals surface area contributed by atoms with E-state index in [0.717, 1.165) is 17.1 Å². The third-order valence-corrected chi connectivity index (χ3v) is 15.0. The molecule has 0 saturated carbocycles. The summed E-state index contributed by atoms with van der Waals surface area (Å²) in [4.78, 5) is 2.44. The van der Waals surface area contributed by atoms with Crippen molar-refractivity contribution in [3.05, 3.63) is 255 Å². The lowest BCUT2D eigenvalue weighted by atomic mass is 9.82. The van der Waals surface area contributed by atoms with Crippen LogP contribution in [0.5, 0.6) is 0 Å². The number of benzene rings is 9. The largest absolute Gasteiger partial charge is 0.310 e. The van der Waals surface area contributed by atoms with Crippen LogP contribution in [0.4, 0.5) is 17.1 Å². The van der Waals surface area contributed by atoms with Crippen LogP contribution in [0.3, 0.4) is 0 Å². The van der Waals surface area contributed by atoms with Crippen LogP contribution in [-0.4, -0.2) is 0 Å². The summed E-state index contributed by atoms with van der Waals surface area (Å²) < 4.78 is 0. The van der Waals surface area contributed by atoms with Crippen molar-refractivity contribution < 1.29 is 0 Å². The summed E-state index contributed by atoms with van der Waals surface area (Å²) in [6.07, 6.45) is 9.57. The molecule has 0 radical (unpaired) electrons. The Morgan fingerprint density at radius 1 is 0.234 bits per heavy atom. The van der Waals surface area contributed by atoms with E-state index in [1.807, 2.05) is 0 Å². The molecule has 0 heterocycles. The van der Waals surface area contributed by atoms with Gasteiger partial charge in [0, 0.05) is 23.0 Å². The van der Waals surface area contributed by atoms with Crippen LogP contribution in [0.25, 0.3) is 44.5 Å². The number of aryl methyl sites for hydroxylation is 8. The molecule has 0 N–H and O–H groups in total. The van der Waals surface area contributed by atoms with E-state index in [1.165, 1.54) is 157 Å². The van der Waals surface area contributed by atoms with Gasteiger partial charge in [-0.1, -0.05) is 158 Å². The SMILES string of the molecule is c1cc(C(c2ccc(-c3ccc4c(c3)CC4)cc2)c2ccc(-c3ccc4c(c3)CC4)cc2)cc(N(c2ccc(-c3ccc4c(c3)CC4)cc2)c2ccc(-c3ccc4c(c3)CC4)cc2)c1. The summed E-state index contributed by atoms with van der Waals surface area (Å²) in [7, 11) is 0. The highest BCUT2D eigenvalue weighted by Gasteiger charge is 2.23. The lowest BCUT2D eigenvalue weighted by Crippen LogP contribution is -2.11. The second-order valence-corrected chi connectivity index (χ2v) is 18.6. The Balaban J connectivity index is 0.898. The molecule has 0 unspecified atom stereocenters. The molecule has 0 bridgehead atoms. The van der Waals surface area contributed by atoms with E-state index < -0.39 is 0 Å². The van der Waals surface area contributed by atoms with Crippen LogP contribution in [0, 0.1) is 0 Å². The Kier molecular flexibility index (Phi) is 8.90. The zero-order chi connectivity index (χ0) is 42.1. The molecular weight excluding hydrogens is 771 g/mol. The van der Waals surface area contributed by atoms with E-state index in [-0.39, 0.29) is 5.92 Å². The minimum Gasteiger partial charge on any atom is -0.310 e. The molecule has 0 aromatic heterocycles. The predicted octanol–water partition coefficient (Wildman–Crippen LogP) is 15.4. The Morgan fingerprint density at radius 2 is 0.547 bits per heavy atom. The maximum atomic E-state index is 2.44. The van der Waals surface area contributed by atoms with Gasteiger partial charge in [0.25, 0.3) is 0 Å². The highest BCUT2D eigenvalue weighted by molar-refractivity contribution is 5.81. The molecule has 0 saturated heterocycles. The molecule has 306 valence electrons. The van der Waals surface area contributed by atoms with Crippen molar-refractivity contribution >= 4 is 17.1 Å². The molecule has 9 aromatic carbocycles. The van der Waals surface area contributed by atoms with Gasteiger partial charge in [-0.2, -0.15) is 0 Å². The third-order valence-electron chi connectivity index (χ3n) is 15.0. The van der Waals surface area contributed by atoms with Crippen LogP contribution < -0.4 is 4.90 Å². The minimum absolute atomic E-state index is 0.0368. The first-order valence-electron chi connectivity index (χ1n) is 23.4. The molecule has 0 atom stereocenters. The molecule has 0 amide bonds. The van der Waals surface area contributed by atoms with Gasteiger partial charge in [-0.3, -0.25) is 0 Å². The first-order chi connectivity index (χ1) is 31.6. The fraction of sp³-hybridized carbons (Fsp3) is 0.143. The molecule has 0 aliphatic heterocycles. The summed E-state index contributed by atoms with van der Waals surface area (Å²) in [5, 5.41) is 0. The van der Waals surface area contributed by atoms with Gasteiger partial charge in [-0.15, -0.1) is 0 Å². The first-order valence-corrected chi connectivity index (χ1v) is 23.4. The Hall–Kier alpha value is -7.22. The molecule has 13 rings (SSSR count). The number of hydrogen-bond donors (Lipinski definition) is 0. The lowest BCUT2D eigenvalue weighted by molar-refractivity contribution is 0.840. The first kappa shape index (κ1) is 37.3. The molecular formula is C63H49N. The zero-order valence-corrected chi connectivity index (χ0v) is 36.2. The average Bonchev–Trinajstić information content (AvgIpc) is 3.30. The summed E-state index contributed by atoms with van der Waals surface area (Å²) >= 11 is 0. The quantitative estimate of drug-likeness (QED) is 0.124. The molecule has 64 heavy (non-hydrogen) atoms. The van der Waals surface area contributed by atoms with Crippen molar-refractivity contribution in [2.45, 2.75) is 57.3 Å². The third kappa shape index (κ3) is 6.61. The zero-order valence-electron chi connectivity index (χ0n) is 36.2. The summed E-state index contributed by atoms with van der Waals surface area (Å²) in [6.45, 7) is 0. The van der Waals surface area contributed by atoms with Gasteiger partial charge in [0.15, 0.2) is 0 Å². The van der Waals surface area contributed by atoms with Gasteiger partial charge < -0.3 is 4.90 Å². The highest BCUT2D eigenvalue weighted by Crippen LogP contribution is 2.42. The fourth-order valence-corrected chi connectivity index (χ4v) is 10.7. The van der Waals surface area contributed by atoms with E-state index in [2.05, 4.69) is 199 Å². The molecule has 1 nitrogen and oxygen atoms in total. The van der Waals surface area contributed by atoms with Crippen LogP contribution in [0.15, 0.2) is 194 Å². The molecule has 1 heteroatoms. The number of hydrogen-bond acceptors (Lipinski definition) is 1. The smallest absolute Gasteiger partial charge is 0.0464 e. The fourth-order valence-electron chi connectivity index (χ4n) is 10.7. The van der Waals surface area contributed by atoms with Crippen molar-refractivity contribution in [2.75, 3.05) is 4.90 Å². The summed E-state index contributed by atoms with van der Waals surface area (Å²) in [6, 6.07) is 74.5. The number of anilines is 3. The van der Waals surface area contributed by atoms with Crippen LogP contribution in [0.1, 0.15) is 67.1 Å². The van der Waals surface area contributed by atoms with E-state index in [4.69, 9.17) is 0 Å². The molecule has 4 aliphatic carbocycles. The van der Waals surface area contributed by atoms with Gasteiger partial charge in [0.1, 0.15) is 0 Å². The van der Waals surface area contributed by atoms with Gasteiger partial charge in [-0.05, 0) is 193 Å². The van der Waals surface area contributed by atoms with Gasteiger partial charge in [-0.25, -0.2) is 0 Å². The van der Waals surface area contributed by atoms with Crippen LogP contribution in [0.2, 0.25) is 0 Å². The number of nitrogens with zero attached hydrogens (tertiary/aromatic N) is 1. The second-order valence-electron chi connectivity index (χ2n) is 18.6. The lowest BCUT2D eigenvalue weighted by Gasteiger charge is -2.28. The normalized spacial score (nSPS) is 13.9. The Labute approximate surface area is 377 Å². The topological polar surface area (TPSA) is 3.24 Å².